The van der Waals surface area contributed by atoms with Crippen LogP contribution in [0.5, 0.6) is 5.75 Å². The summed E-state index contributed by atoms with van der Waals surface area (Å²) in [5, 5.41) is 5.87. The quantitative estimate of drug-likeness (QED) is 0.884. The third-order valence-electron chi connectivity index (χ3n) is 3.89. The molecule has 4 nitrogen and oxygen atoms in total. The van der Waals surface area contributed by atoms with Crippen molar-refractivity contribution in [3.63, 3.8) is 0 Å². The third-order valence-corrected chi connectivity index (χ3v) is 3.89. The molecule has 0 aliphatic carbocycles. The van der Waals surface area contributed by atoms with Crippen molar-refractivity contribution in [3.8, 4) is 5.75 Å². The Labute approximate surface area is 143 Å². The molecule has 0 fully saturated rings. The molecule has 1 aliphatic heterocycles. The lowest BCUT2D eigenvalue weighted by atomic mass is 10.1. The van der Waals surface area contributed by atoms with Crippen molar-refractivity contribution in [3.05, 3.63) is 59.2 Å². The highest BCUT2D eigenvalue weighted by molar-refractivity contribution is 5.97. The van der Waals surface area contributed by atoms with Gasteiger partial charge in [-0.15, -0.1) is 0 Å². The fourth-order valence-electron chi connectivity index (χ4n) is 2.57. The van der Waals surface area contributed by atoms with Gasteiger partial charge in [-0.3, -0.25) is 4.79 Å². The minimum absolute atomic E-state index is 0.207. The fourth-order valence-corrected chi connectivity index (χ4v) is 2.57. The van der Waals surface area contributed by atoms with Gasteiger partial charge in [0.25, 0.3) is 5.91 Å². The Morgan fingerprint density at radius 1 is 1.12 bits per heavy atom. The van der Waals surface area contributed by atoms with Crippen LogP contribution >= 0.6 is 0 Å². The zero-order chi connectivity index (χ0) is 18.0. The number of fused-ring (bicyclic) bond motifs is 1. The summed E-state index contributed by atoms with van der Waals surface area (Å²) >= 11 is 0. The van der Waals surface area contributed by atoms with Crippen LogP contribution in [-0.4, -0.2) is 12.0 Å². The summed E-state index contributed by atoms with van der Waals surface area (Å²) < 4.78 is 43.6. The minimum Gasteiger partial charge on any atom is -0.479 e. The van der Waals surface area contributed by atoms with Gasteiger partial charge in [-0.2, -0.15) is 13.2 Å². The maximum atomic E-state index is 12.7. The van der Waals surface area contributed by atoms with Gasteiger partial charge in [-0.05, 0) is 36.2 Å². The molecule has 1 amide bonds. The number of hydrogen-bond acceptors (Lipinski definition) is 3. The van der Waals surface area contributed by atoms with Gasteiger partial charge in [-0.1, -0.05) is 24.3 Å². The van der Waals surface area contributed by atoms with E-state index >= 15 is 0 Å². The first-order valence-corrected chi connectivity index (χ1v) is 7.80. The van der Waals surface area contributed by atoms with Crippen LogP contribution in [0.15, 0.2) is 42.5 Å². The molecule has 3 rings (SSSR count). The summed E-state index contributed by atoms with van der Waals surface area (Å²) in [4.78, 5) is 11.6. The normalized spacial score (nSPS) is 16.8. The second kappa shape index (κ2) is 6.76. The van der Waals surface area contributed by atoms with Crippen molar-refractivity contribution in [1.29, 1.82) is 0 Å². The minimum atomic E-state index is -4.34. The molecule has 1 atom stereocenters. The van der Waals surface area contributed by atoms with E-state index in [1.165, 1.54) is 6.07 Å². The number of alkyl halides is 3. The molecule has 1 aliphatic rings. The predicted molar refractivity (Wildman–Crippen MR) is 87.1 cm³/mol. The van der Waals surface area contributed by atoms with Gasteiger partial charge in [-0.25, -0.2) is 0 Å². The Bertz CT molecular complexity index is 790. The highest BCUT2D eigenvalue weighted by atomic mass is 19.4. The number of nitrogens with one attached hydrogen (secondary N) is 2. The van der Waals surface area contributed by atoms with E-state index in [0.29, 0.717) is 30.1 Å². The van der Waals surface area contributed by atoms with Crippen LogP contribution in [0, 0.1) is 0 Å². The molecule has 7 heteroatoms. The number of carbonyl (C=O) groups is 1. The average Bonchev–Trinajstić information content (AvgIpc) is 2.56. The van der Waals surface area contributed by atoms with Crippen molar-refractivity contribution < 1.29 is 22.7 Å². The maximum absolute atomic E-state index is 12.7. The summed E-state index contributed by atoms with van der Waals surface area (Å²) in [5.41, 5.74) is 1.39. The Hall–Kier alpha value is -2.54. The van der Waals surface area contributed by atoms with E-state index in [9.17, 15) is 18.0 Å². The first kappa shape index (κ1) is 17.3. The Balaban J connectivity index is 1.62. The standard InChI is InChI=1S/C18H17F3N2O2/c1-11-17(24)23-15-8-13(5-6-16(15)25-11)10-22-9-12-3-2-4-14(7-12)18(19,20)21/h2-8,11,22H,9-10H2,1H3,(H,23,24). The second-order valence-corrected chi connectivity index (χ2v) is 5.88. The molecule has 132 valence electrons. The van der Waals surface area contributed by atoms with E-state index in [1.54, 1.807) is 25.1 Å². The number of amides is 1. The summed E-state index contributed by atoms with van der Waals surface area (Å²) in [7, 11) is 0. The van der Waals surface area contributed by atoms with Crippen LogP contribution in [0.2, 0.25) is 0 Å². The molecule has 1 unspecified atom stereocenters. The van der Waals surface area contributed by atoms with Gasteiger partial charge in [0.15, 0.2) is 6.10 Å². The Morgan fingerprint density at radius 3 is 2.56 bits per heavy atom. The van der Waals surface area contributed by atoms with Crippen molar-refractivity contribution in [1.82, 2.24) is 5.32 Å². The van der Waals surface area contributed by atoms with Gasteiger partial charge in [0.2, 0.25) is 0 Å². The number of rotatable bonds is 4. The molecule has 0 bridgehead atoms. The van der Waals surface area contributed by atoms with E-state index in [-0.39, 0.29) is 5.91 Å². The highest BCUT2D eigenvalue weighted by Gasteiger charge is 2.30. The Morgan fingerprint density at radius 2 is 1.84 bits per heavy atom. The Kier molecular flexibility index (Phi) is 4.67. The number of benzene rings is 2. The van der Waals surface area contributed by atoms with E-state index < -0.39 is 17.8 Å². The summed E-state index contributed by atoms with van der Waals surface area (Å²) in [5.74, 6) is 0.398. The third kappa shape index (κ3) is 4.11. The lowest BCUT2D eigenvalue weighted by Gasteiger charge is -2.23. The van der Waals surface area contributed by atoms with Crippen molar-refractivity contribution in [2.75, 3.05) is 5.32 Å². The van der Waals surface area contributed by atoms with E-state index in [2.05, 4.69) is 10.6 Å². The van der Waals surface area contributed by atoms with Gasteiger partial charge < -0.3 is 15.4 Å². The summed E-state index contributed by atoms with van der Waals surface area (Å²) in [6, 6.07) is 10.6. The molecule has 0 saturated heterocycles. The molecule has 0 aromatic heterocycles. The van der Waals surface area contributed by atoms with Crippen LogP contribution in [0.3, 0.4) is 0 Å². The average molecular weight is 350 g/mol. The molecule has 2 aromatic carbocycles. The van der Waals surface area contributed by atoms with Gasteiger partial charge in [0.05, 0.1) is 11.3 Å². The van der Waals surface area contributed by atoms with Crippen LogP contribution < -0.4 is 15.4 Å². The molecule has 0 saturated carbocycles. The van der Waals surface area contributed by atoms with Gasteiger partial charge >= 0.3 is 6.18 Å². The van der Waals surface area contributed by atoms with Crippen LogP contribution in [0.25, 0.3) is 0 Å². The van der Waals surface area contributed by atoms with Crippen molar-refractivity contribution in [2.24, 2.45) is 0 Å². The number of anilines is 1. The van der Waals surface area contributed by atoms with Crippen molar-refractivity contribution in [2.45, 2.75) is 32.3 Å². The zero-order valence-electron chi connectivity index (χ0n) is 13.5. The van der Waals surface area contributed by atoms with Crippen LogP contribution in [-0.2, 0) is 24.1 Å². The number of hydrogen-bond donors (Lipinski definition) is 2. The SMILES string of the molecule is CC1Oc2ccc(CNCc3cccc(C(F)(F)F)c3)cc2NC1=O. The van der Waals surface area contributed by atoms with Crippen molar-refractivity contribution >= 4 is 11.6 Å². The molecule has 0 spiro atoms. The fraction of sp³-hybridized carbons (Fsp3) is 0.278. The van der Waals surface area contributed by atoms with Crippen LogP contribution in [0.1, 0.15) is 23.6 Å². The number of halogens is 3. The summed E-state index contributed by atoms with van der Waals surface area (Å²) in [6.07, 6.45) is -4.87. The molecule has 0 radical (unpaired) electrons. The topological polar surface area (TPSA) is 50.4 Å². The molecule has 2 aromatic rings. The van der Waals surface area contributed by atoms with E-state index in [1.807, 2.05) is 6.07 Å². The number of carbonyl (C=O) groups excluding carboxylic acids is 1. The lowest BCUT2D eigenvalue weighted by molar-refractivity contribution is -0.137. The zero-order valence-corrected chi connectivity index (χ0v) is 13.5. The molecule has 1 heterocycles. The van der Waals surface area contributed by atoms with Gasteiger partial charge in [0, 0.05) is 13.1 Å². The van der Waals surface area contributed by atoms with Crippen LogP contribution in [0.4, 0.5) is 18.9 Å². The first-order valence-electron chi connectivity index (χ1n) is 7.80. The molecular formula is C18H17F3N2O2. The maximum Gasteiger partial charge on any atom is 0.416 e. The molecule has 25 heavy (non-hydrogen) atoms. The summed E-state index contributed by atoms with van der Waals surface area (Å²) in [6.45, 7) is 2.43. The second-order valence-electron chi connectivity index (χ2n) is 5.88. The lowest BCUT2D eigenvalue weighted by Crippen LogP contribution is -2.34. The van der Waals surface area contributed by atoms with Gasteiger partial charge in [0.1, 0.15) is 5.75 Å². The highest BCUT2D eigenvalue weighted by Crippen LogP contribution is 2.31. The molecule has 2 N–H and O–H groups in total. The molecular weight excluding hydrogens is 333 g/mol. The predicted octanol–water partition coefficient (Wildman–Crippen LogP) is 3.71. The monoisotopic (exact) mass is 350 g/mol. The first-order chi connectivity index (χ1) is 11.8. The van der Waals surface area contributed by atoms with E-state index in [4.69, 9.17) is 4.74 Å². The number of ether oxygens (including phenoxy) is 1. The van der Waals surface area contributed by atoms with E-state index in [0.717, 1.165) is 17.7 Å². The largest absolute Gasteiger partial charge is 0.479 e. The smallest absolute Gasteiger partial charge is 0.416 e.